The molecule has 0 bridgehead atoms. The second kappa shape index (κ2) is 5.56. The van der Waals surface area contributed by atoms with Crippen LogP contribution in [-0.4, -0.2) is 27.9 Å². The monoisotopic (exact) mass is 326 g/mol. The Morgan fingerprint density at radius 2 is 1.96 bits per heavy atom. The van der Waals surface area contributed by atoms with Gasteiger partial charge in [-0.05, 0) is 31.4 Å². The molecule has 2 atom stereocenters. The highest BCUT2D eigenvalue weighted by atomic mass is 19.4. The second-order valence-corrected chi connectivity index (χ2v) is 5.84. The van der Waals surface area contributed by atoms with Crippen LogP contribution in [0.25, 0.3) is 0 Å². The van der Waals surface area contributed by atoms with Crippen molar-refractivity contribution >= 4 is 5.91 Å². The van der Waals surface area contributed by atoms with Crippen LogP contribution in [0, 0.1) is 5.92 Å². The van der Waals surface area contributed by atoms with Gasteiger partial charge in [-0.15, -0.1) is 0 Å². The summed E-state index contributed by atoms with van der Waals surface area (Å²) >= 11 is 0. The molecule has 1 heterocycles. The van der Waals surface area contributed by atoms with Crippen LogP contribution in [0.4, 0.5) is 13.2 Å². The first-order valence-electron chi connectivity index (χ1n) is 7.51. The molecule has 7 heteroatoms. The SMILES string of the molecule is O=C(c1ccccc1)N1NC2=CCCCCC2C1(O)C(F)(F)F. The number of nitrogens with one attached hydrogen (secondary N) is 1. The summed E-state index contributed by atoms with van der Waals surface area (Å²) in [5.74, 6) is -2.09. The average molecular weight is 326 g/mol. The summed E-state index contributed by atoms with van der Waals surface area (Å²) in [5, 5.41) is 10.9. The van der Waals surface area contributed by atoms with Gasteiger partial charge in [0.25, 0.3) is 11.6 Å². The van der Waals surface area contributed by atoms with E-state index in [0.29, 0.717) is 17.9 Å². The molecule has 23 heavy (non-hydrogen) atoms. The molecule has 1 aromatic rings. The fraction of sp³-hybridized carbons (Fsp3) is 0.438. The smallest absolute Gasteiger partial charge is 0.362 e. The van der Waals surface area contributed by atoms with Crippen LogP contribution in [0.3, 0.4) is 0 Å². The van der Waals surface area contributed by atoms with Gasteiger partial charge in [-0.3, -0.25) is 10.2 Å². The quantitative estimate of drug-likeness (QED) is 0.834. The third kappa shape index (κ3) is 2.49. The Morgan fingerprint density at radius 3 is 2.61 bits per heavy atom. The molecule has 3 rings (SSSR count). The summed E-state index contributed by atoms with van der Waals surface area (Å²) in [6.45, 7) is 0. The molecule has 124 valence electrons. The highest BCUT2D eigenvalue weighted by Gasteiger charge is 2.68. The van der Waals surface area contributed by atoms with Gasteiger partial charge in [0.05, 0.1) is 5.92 Å². The molecule has 0 aromatic heterocycles. The Kier molecular flexibility index (Phi) is 3.83. The van der Waals surface area contributed by atoms with Gasteiger partial charge in [-0.2, -0.15) is 13.2 Å². The maximum absolute atomic E-state index is 13.7. The number of fused-ring (bicyclic) bond motifs is 1. The number of allylic oxidation sites excluding steroid dienone is 1. The van der Waals surface area contributed by atoms with E-state index in [9.17, 15) is 23.1 Å². The predicted octanol–water partition coefficient (Wildman–Crippen LogP) is 2.97. The maximum Gasteiger partial charge on any atom is 0.439 e. The lowest BCUT2D eigenvalue weighted by atomic mass is 9.89. The summed E-state index contributed by atoms with van der Waals surface area (Å²) in [6, 6.07) is 7.63. The van der Waals surface area contributed by atoms with Crippen LogP contribution >= 0.6 is 0 Å². The first kappa shape index (κ1) is 15.9. The molecule has 2 unspecified atom stereocenters. The Bertz CT molecular complexity index is 630. The number of rotatable bonds is 1. The fourth-order valence-corrected chi connectivity index (χ4v) is 3.20. The Labute approximate surface area is 131 Å². The standard InChI is InChI=1S/C16H17F3N2O2/c17-16(18,19)15(23)12-9-5-2-6-10-13(12)20-21(15)14(22)11-7-3-1-4-8-11/h1,3-4,7-8,10,12,20,23H,2,5-6,9H2. The maximum atomic E-state index is 13.7. The minimum atomic E-state index is -4.96. The Hall–Kier alpha value is -2.02. The summed E-state index contributed by atoms with van der Waals surface area (Å²) in [7, 11) is 0. The largest absolute Gasteiger partial charge is 0.439 e. The lowest BCUT2D eigenvalue weighted by Gasteiger charge is -2.36. The molecule has 1 saturated heterocycles. The minimum absolute atomic E-state index is 0.0831. The third-order valence-corrected chi connectivity index (χ3v) is 4.40. The second-order valence-electron chi connectivity index (χ2n) is 5.84. The van der Waals surface area contributed by atoms with E-state index in [1.54, 1.807) is 24.3 Å². The van der Waals surface area contributed by atoms with E-state index in [4.69, 9.17) is 0 Å². The average Bonchev–Trinajstić information content (AvgIpc) is 2.68. The molecule has 4 nitrogen and oxygen atoms in total. The molecule has 0 radical (unpaired) electrons. The molecule has 0 saturated carbocycles. The number of amides is 1. The van der Waals surface area contributed by atoms with E-state index >= 15 is 0 Å². The molecule has 2 aliphatic rings. The van der Waals surface area contributed by atoms with Crippen molar-refractivity contribution < 1.29 is 23.1 Å². The summed E-state index contributed by atoms with van der Waals surface area (Å²) in [5.41, 5.74) is -0.384. The zero-order chi connectivity index (χ0) is 16.7. The molecule has 1 fully saturated rings. The van der Waals surface area contributed by atoms with Crippen molar-refractivity contribution in [2.45, 2.75) is 37.6 Å². The van der Waals surface area contributed by atoms with Gasteiger partial charge < -0.3 is 5.11 Å². The Morgan fingerprint density at radius 1 is 1.26 bits per heavy atom. The molecular weight excluding hydrogens is 309 g/mol. The number of carbonyl (C=O) groups is 1. The lowest BCUT2D eigenvalue weighted by Crippen LogP contribution is -2.62. The van der Waals surface area contributed by atoms with E-state index < -0.39 is 23.7 Å². The molecule has 1 amide bonds. The van der Waals surface area contributed by atoms with Gasteiger partial charge in [0, 0.05) is 11.3 Å². The van der Waals surface area contributed by atoms with Crippen molar-refractivity contribution in [3.8, 4) is 0 Å². The number of benzene rings is 1. The number of alkyl halides is 3. The number of hydrazine groups is 1. The molecular formula is C16H17F3N2O2. The van der Waals surface area contributed by atoms with Crippen molar-refractivity contribution in [1.82, 2.24) is 10.4 Å². The zero-order valence-corrected chi connectivity index (χ0v) is 12.3. The first-order chi connectivity index (χ1) is 10.9. The van der Waals surface area contributed by atoms with Crippen molar-refractivity contribution in [1.29, 1.82) is 0 Å². The molecule has 1 aromatic carbocycles. The van der Waals surface area contributed by atoms with Gasteiger partial charge in [0.2, 0.25) is 0 Å². The van der Waals surface area contributed by atoms with Crippen LogP contribution < -0.4 is 5.43 Å². The van der Waals surface area contributed by atoms with E-state index in [0.717, 1.165) is 6.42 Å². The highest BCUT2D eigenvalue weighted by molar-refractivity contribution is 5.94. The van der Waals surface area contributed by atoms with Gasteiger partial charge in [-0.25, -0.2) is 5.01 Å². The molecule has 1 aliphatic heterocycles. The van der Waals surface area contributed by atoms with E-state index in [1.807, 2.05) is 0 Å². The summed E-state index contributed by atoms with van der Waals surface area (Å²) in [4.78, 5) is 12.5. The molecule has 2 N–H and O–H groups in total. The fourth-order valence-electron chi connectivity index (χ4n) is 3.20. The summed E-state index contributed by atoms with van der Waals surface area (Å²) in [6.07, 6.45) is -1.18. The highest BCUT2D eigenvalue weighted by Crippen LogP contribution is 2.48. The van der Waals surface area contributed by atoms with E-state index in [1.165, 1.54) is 12.1 Å². The van der Waals surface area contributed by atoms with Gasteiger partial charge in [0.15, 0.2) is 0 Å². The van der Waals surface area contributed by atoms with Crippen LogP contribution in [0.15, 0.2) is 42.1 Å². The predicted molar refractivity (Wildman–Crippen MR) is 76.8 cm³/mol. The van der Waals surface area contributed by atoms with Crippen LogP contribution in [-0.2, 0) is 0 Å². The molecule has 0 spiro atoms. The van der Waals surface area contributed by atoms with Gasteiger partial charge >= 0.3 is 6.18 Å². The first-order valence-corrected chi connectivity index (χ1v) is 7.51. The van der Waals surface area contributed by atoms with Crippen LogP contribution in [0.1, 0.15) is 36.0 Å². The molecule has 1 aliphatic carbocycles. The van der Waals surface area contributed by atoms with Crippen LogP contribution in [0.5, 0.6) is 0 Å². The van der Waals surface area contributed by atoms with Gasteiger partial charge in [-0.1, -0.05) is 30.7 Å². The van der Waals surface area contributed by atoms with Crippen LogP contribution in [0.2, 0.25) is 0 Å². The summed E-state index contributed by atoms with van der Waals surface area (Å²) < 4.78 is 41.0. The van der Waals surface area contributed by atoms with Crippen molar-refractivity contribution in [3.05, 3.63) is 47.7 Å². The number of aliphatic hydroxyl groups is 1. The number of carbonyl (C=O) groups excluding carboxylic acids is 1. The van der Waals surface area contributed by atoms with E-state index in [2.05, 4.69) is 5.43 Å². The van der Waals surface area contributed by atoms with E-state index in [-0.39, 0.29) is 17.7 Å². The number of nitrogens with zero attached hydrogens (tertiary/aromatic N) is 1. The topological polar surface area (TPSA) is 52.6 Å². The van der Waals surface area contributed by atoms with Crippen molar-refractivity contribution in [2.75, 3.05) is 0 Å². The minimum Gasteiger partial charge on any atom is -0.362 e. The number of hydrogen-bond acceptors (Lipinski definition) is 3. The zero-order valence-electron chi connectivity index (χ0n) is 12.3. The number of halogens is 3. The Balaban J connectivity index is 2.04. The lowest BCUT2D eigenvalue weighted by molar-refractivity contribution is -0.314. The number of hydrogen-bond donors (Lipinski definition) is 2. The van der Waals surface area contributed by atoms with Crippen molar-refractivity contribution in [2.24, 2.45) is 5.92 Å². The normalized spacial score (nSPS) is 27.7. The van der Waals surface area contributed by atoms with Gasteiger partial charge in [0.1, 0.15) is 0 Å². The third-order valence-electron chi connectivity index (χ3n) is 4.40. The van der Waals surface area contributed by atoms with Crippen molar-refractivity contribution in [3.63, 3.8) is 0 Å².